The second-order valence-corrected chi connectivity index (χ2v) is 3.99. The van der Waals surface area contributed by atoms with E-state index in [2.05, 4.69) is 9.88 Å². The molecule has 0 amide bonds. The molecule has 1 aromatic rings. The van der Waals surface area contributed by atoms with Gasteiger partial charge >= 0.3 is 5.97 Å². The number of nitrogens with zero attached hydrogens (tertiary/aromatic N) is 1. The van der Waals surface area contributed by atoms with Gasteiger partial charge in [-0.2, -0.15) is 4.99 Å². The number of aromatic nitrogens is 1. The molecule has 0 aliphatic heterocycles. The molecule has 17 heavy (non-hydrogen) atoms. The normalized spacial score (nSPS) is 14.2. The molecule has 1 aromatic heterocycles. The van der Waals surface area contributed by atoms with E-state index in [4.69, 9.17) is 0 Å². The molecule has 1 heterocycles. The van der Waals surface area contributed by atoms with Crippen LogP contribution >= 0.6 is 0 Å². The monoisotopic (exact) mass is 241 g/mol. The minimum Gasteiger partial charge on any atom is -0.492 e. The summed E-state index contributed by atoms with van der Waals surface area (Å²) in [5.74, 6) is -0.960. The number of fused-ring (bicyclic) bond motifs is 1. The minimum atomic E-state index is -0.574. The summed E-state index contributed by atoms with van der Waals surface area (Å²) in [6.45, 7) is 1.62. The zero-order chi connectivity index (χ0) is 12.4. The summed E-state index contributed by atoms with van der Waals surface area (Å²) in [6.07, 6.45) is 3.44. The average molecular weight is 241 g/mol. The first-order valence-electron chi connectivity index (χ1n) is 5.67. The van der Waals surface area contributed by atoms with E-state index in [0.29, 0.717) is 24.0 Å². The number of carbonyl (C=O) groups excluding carboxylic acids is 1. The van der Waals surface area contributed by atoms with Crippen LogP contribution in [0.4, 0.5) is 0 Å². The Morgan fingerprint density at radius 1 is 1.24 bits per heavy atom. The van der Waals surface area contributed by atoms with Gasteiger partial charge in [-0.25, -0.2) is 9.68 Å². The van der Waals surface area contributed by atoms with Gasteiger partial charge in [0.05, 0.1) is 0 Å². The Morgan fingerprint density at radius 3 is 2.24 bits per heavy atom. The Morgan fingerprint density at radius 2 is 1.76 bits per heavy atom. The molecule has 1 aliphatic rings. The number of hydrogen-bond donors (Lipinski definition) is 2. The summed E-state index contributed by atoms with van der Waals surface area (Å²) >= 11 is 0. The fourth-order valence-electron chi connectivity index (χ4n) is 1.95. The van der Waals surface area contributed by atoms with Gasteiger partial charge in [0.1, 0.15) is 0 Å². The summed E-state index contributed by atoms with van der Waals surface area (Å²) in [7, 11) is 0. The maximum absolute atomic E-state index is 10.9. The highest BCUT2D eigenvalue weighted by molar-refractivity contribution is 5.68. The van der Waals surface area contributed by atoms with Gasteiger partial charge in [0.15, 0.2) is 0 Å². The van der Waals surface area contributed by atoms with Gasteiger partial charge in [0.25, 0.3) is 0 Å². The van der Waals surface area contributed by atoms with Crippen molar-refractivity contribution in [3.8, 4) is 11.8 Å². The Bertz CT molecular complexity index is 408. The van der Waals surface area contributed by atoms with E-state index in [1.807, 2.05) is 0 Å². The quantitative estimate of drug-likeness (QED) is 0.611. The van der Waals surface area contributed by atoms with Crippen LogP contribution in [0.1, 0.15) is 37.3 Å². The van der Waals surface area contributed by atoms with Crippen LogP contribution in [-0.4, -0.2) is 20.9 Å². The molecule has 0 unspecified atom stereocenters. The summed E-state index contributed by atoms with van der Waals surface area (Å²) in [4.78, 5) is 20.0. The predicted octanol–water partition coefficient (Wildman–Crippen LogP) is 1.07. The molecule has 2 rings (SSSR count). The van der Waals surface area contributed by atoms with Crippen molar-refractivity contribution >= 4 is 5.97 Å². The molecule has 94 valence electrons. The lowest BCUT2D eigenvalue weighted by Gasteiger charge is -2.09. The standard InChI is InChI=1S/C11H15NO5/c1-2-9(13)16-17-12-10(14)7-5-3-4-6-8(7)11(12)15/h14-15H,2-6H2,1H3. The van der Waals surface area contributed by atoms with Crippen LogP contribution in [0.5, 0.6) is 11.8 Å². The van der Waals surface area contributed by atoms with Crippen LogP contribution in [0, 0.1) is 0 Å². The van der Waals surface area contributed by atoms with E-state index >= 15 is 0 Å². The molecular weight excluding hydrogens is 226 g/mol. The zero-order valence-electron chi connectivity index (χ0n) is 9.60. The van der Waals surface area contributed by atoms with Crippen molar-refractivity contribution in [2.75, 3.05) is 0 Å². The highest BCUT2D eigenvalue weighted by atomic mass is 17.3. The van der Waals surface area contributed by atoms with Gasteiger partial charge in [-0.1, -0.05) is 11.7 Å². The third-order valence-electron chi connectivity index (χ3n) is 2.89. The van der Waals surface area contributed by atoms with Crippen LogP contribution in [0.2, 0.25) is 0 Å². The van der Waals surface area contributed by atoms with Crippen molar-refractivity contribution in [1.29, 1.82) is 0 Å². The van der Waals surface area contributed by atoms with Gasteiger partial charge in [0.2, 0.25) is 11.8 Å². The van der Waals surface area contributed by atoms with Gasteiger partial charge in [-0.3, -0.25) is 0 Å². The highest BCUT2D eigenvalue weighted by Gasteiger charge is 2.26. The van der Waals surface area contributed by atoms with Crippen LogP contribution < -0.4 is 4.99 Å². The third kappa shape index (κ3) is 2.02. The van der Waals surface area contributed by atoms with Gasteiger partial charge in [-0.05, 0) is 25.7 Å². The van der Waals surface area contributed by atoms with Crippen molar-refractivity contribution < 1.29 is 24.9 Å². The van der Waals surface area contributed by atoms with Crippen molar-refractivity contribution in [2.24, 2.45) is 0 Å². The van der Waals surface area contributed by atoms with Gasteiger partial charge < -0.3 is 10.2 Å². The maximum atomic E-state index is 10.9. The Labute approximate surface area is 98.3 Å². The molecule has 0 radical (unpaired) electrons. The van der Waals surface area contributed by atoms with Crippen molar-refractivity contribution in [2.45, 2.75) is 39.0 Å². The molecule has 6 heteroatoms. The molecule has 2 N–H and O–H groups in total. The van der Waals surface area contributed by atoms with Gasteiger partial charge in [-0.15, -0.1) is 0 Å². The molecule has 0 spiro atoms. The van der Waals surface area contributed by atoms with E-state index < -0.39 is 5.97 Å². The SMILES string of the molecule is CCC(=O)OOn1c(O)c2c(c1O)CCCC2. The minimum absolute atomic E-state index is 0.155. The van der Waals surface area contributed by atoms with E-state index in [9.17, 15) is 15.0 Å². The summed E-state index contributed by atoms with van der Waals surface area (Å²) in [5.41, 5.74) is 1.34. The first-order valence-corrected chi connectivity index (χ1v) is 5.67. The van der Waals surface area contributed by atoms with Crippen LogP contribution in [0.3, 0.4) is 0 Å². The van der Waals surface area contributed by atoms with Crippen LogP contribution in [0.25, 0.3) is 0 Å². The molecule has 0 aromatic carbocycles. The lowest BCUT2D eigenvalue weighted by atomic mass is 9.95. The van der Waals surface area contributed by atoms with E-state index in [-0.39, 0.29) is 18.2 Å². The summed E-state index contributed by atoms with van der Waals surface area (Å²) in [5, 5.41) is 19.7. The highest BCUT2D eigenvalue weighted by Crippen LogP contribution is 2.37. The number of carbonyl (C=O) groups is 1. The van der Waals surface area contributed by atoms with Gasteiger partial charge in [0, 0.05) is 17.5 Å². The lowest BCUT2D eigenvalue weighted by molar-refractivity contribution is -0.275. The summed E-state index contributed by atoms with van der Waals surface area (Å²) in [6, 6.07) is 0. The van der Waals surface area contributed by atoms with E-state index in [0.717, 1.165) is 17.6 Å². The number of hydrogen-bond acceptors (Lipinski definition) is 5. The fourth-order valence-corrected chi connectivity index (χ4v) is 1.95. The molecule has 0 atom stereocenters. The Hall–Kier alpha value is -1.85. The molecule has 1 aliphatic carbocycles. The van der Waals surface area contributed by atoms with E-state index in [1.54, 1.807) is 6.92 Å². The van der Waals surface area contributed by atoms with Crippen molar-refractivity contribution in [3.05, 3.63) is 11.1 Å². The predicted molar refractivity (Wildman–Crippen MR) is 57.4 cm³/mol. The third-order valence-corrected chi connectivity index (χ3v) is 2.89. The van der Waals surface area contributed by atoms with Crippen LogP contribution in [0.15, 0.2) is 0 Å². The maximum Gasteiger partial charge on any atom is 0.357 e. The molecular formula is C11H15NO5. The molecule has 6 nitrogen and oxygen atoms in total. The number of aromatic hydroxyl groups is 2. The topological polar surface area (TPSA) is 80.9 Å². The smallest absolute Gasteiger partial charge is 0.357 e. The first kappa shape index (κ1) is 11.6. The molecule has 0 saturated carbocycles. The first-order chi connectivity index (χ1) is 8.15. The molecule has 0 saturated heterocycles. The Kier molecular flexibility index (Phi) is 3.12. The second kappa shape index (κ2) is 4.57. The van der Waals surface area contributed by atoms with Crippen molar-refractivity contribution in [3.63, 3.8) is 0 Å². The van der Waals surface area contributed by atoms with Crippen LogP contribution in [-0.2, 0) is 22.5 Å². The van der Waals surface area contributed by atoms with Crippen molar-refractivity contribution in [1.82, 2.24) is 4.73 Å². The molecule has 0 fully saturated rings. The molecule has 0 bridgehead atoms. The zero-order valence-corrected chi connectivity index (χ0v) is 9.60. The lowest BCUT2D eigenvalue weighted by Crippen LogP contribution is -2.16. The summed E-state index contributed by atoms with van der Waals surface area (Å²) < 4.78 is 0.754. The number of rotatable bonds is 3. The second-order valence-electron chi connectivity index (χ2n) is 3.99. The largest absolute Gasteiger partial charge is 0.492 e. The average Bonchev–Trinajstić information content (AvgIpc) is 2.60. The Balaban J connectivity index is 2.22. The van der Waals surface area contributed by atoms with E-state index in [1.165, 1.54) is 0 Å². The fraction of sp³-hybridized carbons (Fsp3) is 0.545.